The summed E-state index contributed by atoms with van der Waals surface area (Å²) in [5, 5.41) is 13.0. The van der Waals surface area contributed by atoms with Crippen LogP contribution in [0.2, 0.25) is 0 Å². The monoisotopic (exact) mass is 357 g/mol. The maximum Gasteiger partial charge on any atom is 0.304 e. The van der Waals surface area contributed by atoms with Crippen molar-refractivity contribution in [2.45, 2.75) is 70.1 Å². The van der Waals surface area contributed by atoms with Crippen molar-refractivity contribution in [1.29, 1.82) is 0 Å². The Morgan fingerprint density at radius 3 is 2.71 bits per heavy atom. The molecule has 2 rings (SSSR count). The first-order chi connectivity index (χ1) is 11.7. The third-order valence-corrected chi connectivity index (χ3v) is 4.51. The molecule has 0 aliphatic heterocycles. The van der Waals surface area contributed by atoms with E-state index in [0.717, 1.165) is 18.8 Å². The lowest BCUT2D eigenvalue weighted by atomic mass is 9.84. The van der Waals surface area contributed by atoms with Crippen LogP contribution in [0, 0.1) is 5.92 Å². The topological polar surface area (TPSA) is 102 Å². The molecule has 1 heterocycles. The molecule has 0 bridgehead atoms. The average Bonchev–Trinajstić information content (AvgIpc) is 3.05. The van der Waals surface area contributed by atoms with E-state index in [1.807, 2.05) is 0 Å². The Morgan fingerprint density at radius 1 is 1.38 bits per heavy atom. The number of rotatable bonds is 9. The van der Waals surface area contributed by atoms with E-state index in [0.29, 0.717) is 24.7 Å². The summed E-state index contributed by atoms with van der Waals surface area (Å²) in [5.41, 5.74) is 5.47. The minimum absolute atomic E-state index is 0.0505. The van der Waals surface area contributed by atoms with Gasteiger partial charge in [0.05, 0.1) is 6.42 Å². The van der Waals surface area contributed by atoms with Crippen LogP contribution in [0.15, 0.2) is 4.52 Å². The van der Waals surface area contributed by atoms with Gasteiger partial charge in [-0.15, -0.1) is 0 Å². The van der Waals surface area contributed by atoms with Crippen LogP contribution in [0.25, 0.3) is 0 Å². The highest BCUT2D eigenvalue weighted by Gasteiger charge is 2.22. The molecular weight excluding hydrogens is 326 g/mol. The van der Waals surface area contributed by atoms with Crippen LogP contribution in [-0.2, 0) is 11.2 Å². The number of carboxylic acids is 1. The summed E-state index contributed by atoms with van der Waals surface area (Å²) in [7, 11) is 0. The van der Waals surface area contributed by atoms with Gasteiger partial charge in [-0.25, -0.2) is 0 Å². The molecule has 0 amide bonds. The molecule has 0 spiro atoms. The van der Waals surface area contributed by atoms with Gasteiger partial charge in [-0.05, 0) is 25.1 Å². The van der Waals surface area contributed by atoms with Crippen molar-refractivity contribution in [3.05, 3.63) is 11.7 Å². The maximum absolute atomic E-state index is 11.1. The van der Waals surface area contributed by atoms with Gasteiger partial charge < -0.3 is 15.4 Å². The molecular formula is C17H31N3O3S. The molecule has 0 radical (unpaired) electrons. The zero-order valence-corrected chi connectivity index (χ0v) is 15.5. The molecule has 1 aliphatic carbocycles. The zero-order chi connectivity index (χ0) is 17.8. The van der Waals surface area contributed by atoms with Gasteiger partial charge >= 0.3 is 5.97 Å². The van der Waals surface area contributed by atoms with Crippen LogP contribution in [0.1, 0.15) is 75.4 Å². The van der Waals surface area contributed by atoms with Gasteiger partial charge in [0.1, 0.15) is 0 Å². The number of hydrogen-bond donors (Lipinski definition) is 3. The van der Waals surface area contributed by atoms with E-state index in [-0.39, 0.29) is 12.3 Å². The molecule has 1 atom stereocenters. The minimum Gasteiger partial charge on any atom is -0.481 e. The van der Waals surface area contributed by atoms with E-state index in [2.05, 4.69) is 22.8 Å². The van der Waals surface area contributed by atoms with E-state index in [9.17, 15) is 4.79 Å². The second-order valence-electron chi connectivity index (χ2n) is 6.32. The molecule has 1 aromatic rings. The fraction of sp³-hybridized carbons (Fsp3) is 0.824. The Kier molecular flexibility index (Phi) is 10.7. The number of hydrogen-bond acceptors (Lipinski definition) is 6. The van der Waals surface area contributed by atoms with Gasteiger partial charge in [0.15, 0.2) is 5.82 Å². The summed E-state index contributed by atoms with van der Waals surface area (Å²) in [6.07, 6.45) is 12.0. The highest BCUT2D eigenvalue weighted by Crippen LogP contribution is 2.31. The van der Waals surface area contributed by atoms with Gasteiger partial charge in [0.25, 0.3) is 0 Å². The summed E-state index contributed by atoms with van der Waals surface area (Å²) < 4.78 is 5.24. The third-order valence-electron chi connectivity index (χ3n) is 4.51. The van der Waals surface area contributed by atoms with Crippen LogP contribution in [-0.4, -0.2) is 34.0 Å². The van der Waals surface area contributed by atoms with Crippen LogP contribution in [0.5, 0.6) is 0 Å². The molecule has 6 nitrogen and oxygen atoms in total. The van der Waals surface area contributed by atoms with Crippen molar-refractivity contribution >= 4 is 18.6 Å². The first-order valence-electron chi connectivity index (χ1n) is 8.88. The SMILES string of the molecule is CS.NCCc1noc([C@H](CCCC2CCCCC2)CC(=O)O)n1. The maximum atomic E-state index is 11.1. The van der Waals surface area contributed by atoms with E-state index in [1.165, 1.54) is 38.5 Å². The van der Waals surface area contributed by atoms with Crippen molar-refractivity contribution < 1.29 is 14.4 Å². The van der Waals surface area contributed by atoms with Crippen LogP contribution in [0.4, 0.5) is 0 Å². The number of carbonyl (C=O) groups is 1. The van der Waals surface area contributed by atoms with Crippen LogP contribution in [0.3, 0.4) is 0 Å². The van der Waals surface area contributed by atoms with E-state index in [4.69, 9.17) is 15.4 Å². The van der Waals surface area contributed by atoms with Gasteiger partial charge in [0.2, 0.25) is 5.89 Å². The number of aliphatic carboxylic acids is 1. The standard InChI is InChI=1S/C16H27N3O3.CH4S/c17-10-9-14-18-16(22-19-14)13(11-15(20)21)8-4-7-12-5-2-1-3-6-12;1-2/h12-13H,1-11,17H2,(H,20,21);2H,1H3/t13-;/m1./s1. The smallest absolute Gasteiger partial charge is 0.304 e. The normalized spacial score (nSPS) is 16.3. The Balaban J connectivity index is 0.00000139. The minimum atomic E-state index is -0.818. The fourth-order valence-corrected chi connectivity index (χ4v) is 3.32. The Hall–Kier alpha value is -1.08. The van der Waals surface area contributed by atoms with E-state index >= 15 is 0 Å². The lowest BCUT2D eigenvalue weighted by molar-refractivity contribution is -0.137. The number of thiol groups is 1. The summed E-state index contributed by atoms with van der Waals surface area (Å²) in [4.78, 5) is 15.4. The Labute approximate surface area is 150 Å². The van der Waals surface area contributed by atoms with Gasteiger partial charge in [-0.1, -0.05) is 50.1 Å². The van der Waals surface area contributed by atoms with Crippen molar-refractivity contribution in [3.63, 3.8) is 0 Å². The molecule has 3 N–H and O–H groups in total. The predicted molar refractivity (Wildman–Crippen MR) is 97.4 cm³/mol. The lowest BCUT2D eigenvalue weighted by Gasteiger charge is -2.21. The molecule has 24 heavy (non-hydrogen) atoms. The van der Waals surface area contributed by atoms with Crippen molar-refractivity contribution in [3.8, 4) is 0 Å². The molecule has 1 aromatic heterocycles. The lowest BCUT2D eigenvalue weighted by Crippen LogP contribution is -2.10. The van der Waals surface area contributed by atoms with Crippen molar-refractivity contribution in [2.24, 2.45) is 11.7 Å². The van der Waals surface area contributed by atoms with Gasteiger partial charge in [-0.3, -0.25) is 4.79 Å². The largest absolute Gasteiger partial charge is 0.481 e. The predicted octanol–water partition coefficient (Wildman–Crippen LogP) is 3.43. The molecule has 1 aliphatic rings. The van der Waals surface area contributed by atoms with E-state index < -0.39 is 5.97 Å². The average molecular weight is 358 g/mol. The molecule has 7 heteroatoms. The van der Waals surface area contributed by atoms with Crippen molar-refractivity contribution in [1.82, 2.24) is 10.1 Å². The second kappa shape index (κ2) is 12.3. The van der Waals surface area contributed by atoms with Crippen LogP contribution >= 0.6 is 12.6 Å². The van der Waals surface area contributed by atoms with Crippen LogP contribution < -0.4 is 5.73 Å². The number of aromatic nitrogens is 2. The van der Waals surface area contributed by atoms with Gasteiger partial charge in [-0.2, -0.15) is 17.6 Å². The van der Waals surface area contributed by atoms with Crippen molar-refractivity contribution in [2.75, 3.05) is 12.8 Å². The summed E-state index contributed by atoms with van der Waals surface area (Å²) in [6.45, 7) is 0.463. The molecule has 1 fully saturated rings. The third kappa shape index (κ3) is 7.66. The number of nitrogens with two attached hydrogens (primary N) is 1. The first kappa shape index (κ1) is 21.0. The quantitative estimate of drug-likeness (QED) is 0.585. The van der Waals surface area contributed by atoms with Gasteiger partial charge in [0, 0.05) is 12.3 Å². The zero-order valence-electron chi connectivity index (χ0n) is 14.6. The summed E-state index contributed by atoms with van der Waals surface area (Å²) in [5.74, 6) is 0.839. The Morgan fingerprint density at radius 2 is 2.08 bits per heavy atom. The number of carboxylic acid groups (broad SMARTS) is 1. The summed E-state index contributed by atoms with van der Waals surface area (Å²) in [6, 6.07) is 0. The highest BCUT2D eigenvalue weighted by molar-refractivity contribution is 7.79. The summed E-state index contributed by atoms with van der Waals surface area (Å²) >= 11 is 3.53. The molecule has 138 valence electrons. The highest BCUT2D eigenvalue weighted by atomic mass is 32.1. The molecule has 0 saturated heterocycles. The second-order valence-corrected chi connectivity index (χ2v) is 6.32. The fourth-order valence-electron chi connectivity index (χ4n) is 3.32. The van der Waals surface area contributed by atoms with E-state index in [1.54, 1.807) is 6.26 Å². The Bertz CT molecular complexity index is 462. The molecule has 1 saturated carbocycles. The molecule has 0 unspecified atom stereocenters. The first-order valence-corrected chi connectivity index (χ1v) is 9.77. The number of nitrogens with zero attached hydrogens (tertiary/aromatic N) is 2. The molecule has 0 aromatic carbocycles.